The average molecular weight is 633 g/mol. The highest BCUT2D eigenvalue weighted by atomic mass is 32.2. The lowest BCUT2D eigenvalue weighted by Crippen LogP contribution is -2.47. The van der Waals surface area contributed by atoms with Crippen LogP contribution in [-0.4, -0.2) is 80.2 Å². The lowest BCUT2D eigenvalue weighted by atomic mass is 9.76. The van der Waals surface area contributed by atoms with Crippen LogP contribution in [0.2, 0.25) is 0 Å². The van der Waals surface area contributed by atoms with Crippen molar-refractivity contribution in [1.82, 2.24) is 0 Å². The fraction of sp³-hybridized carbons (Fsp3) is 0.929. The number of carboxylic acids is 1. The molecule has 0 aromatic carbocycles. The zero-order valence-corrected chi connectivity index (χ0v) is 25.2. The summed E-state index contributed by atoms with van der Waals surface area (Å²) in [6.45, 7) is 0.130. The Morgan fingerprint density at radius 2 is 1.35 bits per heavy atom. The molecule has 43 heavy (non-hydrogen) atoms. The third kappa shape index (κ3) is 9.22. The number of carbonyl (C=O) groups is 2. The number of ether oxygens (including phenoxy) is 1. The van der Waals surface area contributed by atoms with Crippen LogP contribution < -0.4 is 0 Å². The second kappa shape index (κ2) is 16.3. The van der Waals surface area contributed by atoms with E-state index in [2.05, 4.69) is 4.89 Å². The van der Waals surface area contributed by atoms with Crippen LogP contribution in [0.4, 0.5) is 0 Å². The van der Waals surface area contributed by atoms with E-state index in [0.717, 1.165) is 44.9 Å². The first-order valence-electron chi connectivity index (χ1n) is 15.6. The third-order valence-electron chi connectivity index (χ3n) is 9.83. The van der Waals surface area contributed by atoms with Gasteiger partial charge in [0.05, 0.1) is 31.2 Å². The normalized spacial score (nSPS) is 36.9. The molecular weight excluding hydrogens is 588 g/mol. The third-order valence-corrected chi connectivity index (χ3v) is 11.5. The first-order chi connectivity index (χ1) is 20.7. The maximum absolute atomic E-state index is 12.9. The Bertz CT molecular complexity index is 932. The van der Waals surface area contributed by atoms with E-state index in [1.807, 2.05) is 11.8 Å². The highest BCUT2D eigenvalue weighted by Crippen LogP contribution is 2.40. The first kappa shape index (κ1) is 33.8. The molecule has 6 atom stereocenters. The van der Waals surface area contributed by atoms with Crippen LogP contribution >= 0.6 is 11.8 Å². The van der Waals surface area contributed by atoms with Gasteiger partial charge in [0, 0.05) is 33.2 Å². The van der Waals surface area contributed by atoms with Crippen LogP contribution in [0, 0.1) is 43.9 Å². The minimum Gasteiger partial charge on any atom is -0.481 e. The molecule has 0 aliphatic heterocycles. The van der Waals surface area contributed by atoms with Gasteiger partial charge < -0.3 is 9.84 Å². The van der Waals surface area contributed by atoms with E-state index in [9.17, 15) is 34.9 Å². The fourth-order valence-electron chi connectivity index (χ4n) is 7.43. The number of esters is 1. The van der Waals surface area contributed by atoms with Crippen LogP contribution in [0.3, 0.4) is 0 Å². The van der Waals surface area contributed by atoms with Crippen LogP contribution in [0.5, 0.6) is 0 Å². The van der Waals surface area contributed by atoms with Crippen molar-refractivity contribution in [2.75, 3.05) is 13.2 Å². The van der Waals surface area contributed by atoms with Gasteiger partial charge in [0.15, 0.2) is 0 Å². The average Bonchev–Trinajstić information content (AvgIpc) is 2.99. The van der Waals surface area contributed by atoms with Crippen molar-refractivity contribution in [3.8, 4) is 0 Å². The Labute approximate surface area is 254 Å². The van der Waals surface area contributed by atoms with E-state index in [1.54, 1.807) is 0 Å². The monoisotopic (exact) mass is 632 g/mol. The van der Waals surface area contributed by atoms with Crippen molar-refractivity contribution in [2.45, 2.75) is 125 Å². The van der Waals surface area contributed by atoms with E-state index in [0.29, 0.717) is 42.6 Å². The van der Waals surface area contributed by atoms with Crippen LogP contribution in [-0.2, 0) is 29.0 Å². The summed E-state index contributed by atoms with van der Waals surface area (Å²) in [6, 6.07) is -1.96. The minimum atomic E-state index is -1.25. The quantitative estimate of drug-likeness (QED) is 0.124. The smallest absolute Gasteiger partial charge is 0.317 e. The Balaban J connectivity index is 1.15. The topological polar surface area (TPSA) is 198 Å². The van der Waals surface area contributed by atoms with Gasteiger partial charge in [0.2, 0.25) is 12.1 Å². The Morgan fingerprint density at radius 3 is 1.93 bits per heavy atom. The molecule has 4 rings (SSSR count). The summed E-state index contributed by atoms with van der Waals surface area (Å²) in [7, 11) is 0. The number of rotatable bonds is 13. The summed E-state index contributed by atoms with van der Waals surface area (Å²) in [6.07, 6.45) is 8.88. The summed E-state index contributed by atoms with van der Waals surface area (Å²) in [4.78, 5) is 62.3. The molecule has 0 aromatic heterocycles. The van der Waals surface area contributed by atoms with Gasteiger partial charge in [-0.25, -0.2) is 14.7 Å². The number of hydrogen-bond donors (Lipinski definition) is 2. The second-order valence-corrected chi connectivity index (χ2v) is 14.1. The molecule has 0 heterocycles. The molecule has 15 heteroatoms. The lowest BCUT2D eigenvalue weighted by molar-refractivity contribution is -0.542. The minimum absolute atomic E-state index is 0.0405. The molecule has 0 saturated heterocycles. The Kier molecular flexibility index (Phi) is 12.8. The molecule has 4 saturated carbocycles. The van der Waals surface area contributed by atoms with Crippen molar-refractivity contribution >= 4 is 23.7 Å². The molecule has 0 bridgehead atoms. The Hall–Kier alpha value is -2.07. The number of nitro groups is 2. The summed E-state index contributed by atoms with van der Waals surface area (Å²) >= 11 is 1.94. The summed E-state index contributed by atoms with van der Waals surface area (Å²) in [5, 5.41) is 42.3. The van der Waals surface area contributed by atoms with E-state index in [4.69, 9.17) is 19.8 Å². The zero-order valence-electron chi connectivity index (χ0n) is 24.4. The van der Waals surface area contributed by atoms with Crippen molar-refractivity contribution in [1.29, 1.82) is 0 Å². The molecule has 0 aromatic rings. The molecule has 6 unspecified atom stereocenters. The van der Waals surface area contributed by atoms with Crippen LogP contribution in [0.15, 0.2) is 0 Å². The standard InChI is InChI=1S/C28H44N2O12S/c31-27(32)22-4-2-6-25(30(36)37)26(22)28(33)41-18-7-11-20(12-8-18)43-21-13-9-19(10-14-21)42-40-16-23-17(15-39-38)3-1-5-24(23)29(34)35/h17-26,38H,1-16H2,(H,31,32). The van der Waals surface area contributed by atoms with Gasteiger partial charge in [-0.2, -0.15) is 11.8 Å². The van der Waals surface area contributed by atoms with Gasteiger partial charge in [-0.3, -0.25) is 35.1 Å². The number of hydrogen-bond acceptors (Lipinski definition) is 12. The van der Waals surface area contributed by atoms with Crippen molar-refractivity contribution in [3.63, 3.8) is 0 Å². The van der Waals surface area contributed by atoms with Gasteiger partial charge in [-0.05, 0) is 83.0 Å². The van der Waals surface area contributed by atoms with Crippen molar-refractivity contribution < 1.29 is 49.2 Å². The fourth-order valence-corrected chi connectivity index (χ4v) is 9.07. The van der Waals surface area contributed by atoms with Crippen LogP contribution in [0.1, 0.15) is 89.9 Å². The van der Waals surface area contributed by atoms with Gasteiger partial charge in [-0.1, -0.05) is 0 Å². The predicted octanol–water partition coefficient (Wildman–Crippen LogP) is 4.53. The lowest BCUT2D eigenvalue weighted by Gasteiger charge is -2.35. The second-order valence-electron chi connectivity index (χ2n) is 12.5. The van der Waals surface area contributed by atoms with Crippen LogP contribution in [0.25, 0.3) is 0 Å². The molecular formula is C28H44N2O12S. The largest absolute Gasteiger partial charge is 0.481 e. The molecule has 14 nitrogen and oxygen atoms in total. The summed E-state index contributed by atoms with van der Waals surface area (Å²) in [5.41, 5.74) is 0. The van der Waals surface area contributed by atoms with Gasteiger partial charge in [0.1, 0.15) is 12.0 Å². The maximum Gasteiger partial charge on any atom is 0.317 e. The zero-order chi connectivity index (χ0) is 30.9. The number of carboxylic acid groups (broad SMARTS) is 1. The molecule has 2 N–H and O–H groups in total. The van der Waals surface area contributed by atoms with E-state index < -0.39 is 40.8 Å². The molecule has 244 valence electrons. The van der Waals surface area contributed by atoms with Crippen molar-refractivity contribution in [3.05, 3.63) is 20.2 Å². The SMILES string of the molecule is O=C(O)C1CCCC([N+](=O)[O-])C1C(=O)OC1CCC(SC2CCC(OOCC3C(COO)CCCC3[N+](=O)[O-])CC2)CC1. The Morgan fingerprint density at radius 1 is 0.767 bits per heavy atom. The predicted molar refractivity (Wildman–Crippen MR) is 152 cm³/mol. The van der Waals surface area contributed by atoms with Crippen molar-refractivity contribution in [2.24, 2.45) is 23.7 Å². The number of aliphatic carboxylic acids is 1. The molecule has 4 aliphatic rings. The molecule has 0 spiro atoms. The number of carbonyl (C=O) groups excluding carboxylic acids is 1. The summed E-state index contributed by atoms with van der Waals surface area (Å²) in [5.74, 6) is -4.81. The number of nitrogens with zero attached hydrogens (tertiary/aromatic N) is 2. The molecule has 4 fully saturated rings. The highest BCUT2D eigenvalue weighted by Gasteiger charge is 2.50. The van der Waals surface area contributed by atoms with Gasteiger partial charge in [0.25, 0.3) is 0 Å². The van der Waals surface area contributed by atoms with Gasteiger partial charge in [-0.15, -0.1) is 0 Å². The molecule has 0 amide bonds. The first-order valence-corrected chi connectivity index (χ1v) is 16.5. The van der Waals surface area contributed by atoms with E-state index in [-0.39, 0.29) is 55.0 Å². The highest BCUT2D eigenvalue weighted by molar-refractivity contribution is 8.00. The summed E-state index contributed by atoms with van der Waals surface area (Å²) < 4.78 is 5.66. The van der Waals surface area contributed by atoms with Gasteiger partial charge >= 0.3 is 11.9 Å². The van der Waals surface area contributed by atoms with E-state index >= 15 is 0 Å². The number of thioether (sulfide) groups is 1. The maximum atomic E-state index is 12.9. The molecule has 4 aliphatic carbocycles. The molecule has 0 radical (unpaired) electrons. The van der Waals surface area contributed by atoms with E-state index in [1.165, 1.54) is 0 Å².